The summed E-state index contributed by atoms with van der Waals surface area (Å²) < 4.78 is 0. The van der Waals surface area contributed by atoms with Crippen molar-refractivity contribution in [3.63, 3.8) is 0 Å². The van der Waals surface area contributed by atoms with E-state index < -0.39 is 5.91 Å². The van der Waals surface area contributed by atoms with Crippen LogP contribution in [-0.4, -0.2) is 28.3 Å². The van der Waals surface area contributed by atoms with Crippen LogP contribution in [0.3, 0.4) is 0 Å². The molecule has 6 heteroatoms. The van der Waals surface area contributed by atoms with Crippen LogP contribution in [0.15, 0.2) is 24.3 Å². The average Bonchev–Trinajstić information content (AvgIpc) is 2.87. The minimum absolute atomic E-state index is 0.191. The third-order valence-electron chi connectivity index (χ3n) is 3.16. The van der Waals surface area contributed by atoms with Crippen molar-refractivity contribution in [3.8, 4) is 11.3 Å². The van der Waals surface area contributed by atoms with Crippen molar-refractivity contribution in [1.82, 2.24) is 15.3 Å². The number of benzene rings is 1. The van der Waals surface area contributed by atoms with Gasteiger partial charge in [-0.1, -0.05) is 26.0 Å². The van der Waals surface area contributed by atoms with E-state index in [1.54, 1.807) is 31.2 Å². The van der Waals surface area contributed by atoms with Crippen molar-refractivity contribution < 1.29 is 9.59 Å². The quantitative estimate of drug-likeness (QED) is 0.785. The minimum atomic E-state index is -0.486. The van der Waals surface area contributed by atoms with Crippen molar-refractivity contribution >= 4 is 11.8 Å². The molecule has 22 heavy (non-hydrogen) atoms. The molecule has 0 aliphatic rings. The van der Waals surface area contributed by atoms with Gasteiger partial charge in [0.2, 0.25) is 5.91 Å². The number of nitrogens with two attached hydrogens (primary N) is 1. The molecular weight excluding hydrogens is 280 g/mol. The summed E-state index contributed by atoms with van der Waals surface area (Å²) in [6.07, 6.45) is 0. The van der Waals surface area contributed by atoms with Gasteiger partial charge >= 0.3 is 0 Å². The number of amides is 2. The number of primary amides is 1. The highest BCUT2D eigenvalue weighted by molar-refractivity contribution is 5.98. The molecule has 4 N–H and O–H groups in total. The van der Waals surface area contributed by atoms with Crippen LogP contribution >= 0.6 is 0 Å². The van der Waals surface area contributed by atoms with Gasteiger partial charge in [-0.3, -0.25) is 9.59 Å². The van der Waals surface area contributed by atoms with Crippen molar-refractivity contribution in [3.05, 3.63) is 41.3 Å². The van der Waals surface area contributed by atoms with E-state index >= 15 is 0 Å². The van der Waals surface area contributed by atoms with E-state index in [0.717, 1.165) is 5.56 Å². The first-order chi connectivity index (χ1) is 10.4. The van der Waals surface area contributed by atoms with E-state index in [0.29, 0.717) is 35.2 Å². The fourth-order valence-electron chi connectivity index (χ4n) is 2.04. The summed E-state index contributed by atoms with van der Waals surface area (Å²) in [5, 5.41) is 2.87. The molecule has 0 unspecified atom stereocenters. The monoisotopic (exact) mass is 300 g/mol. The second kappa shape index (κ2) is 6.43. The predicted octanol–water partition coefficient (Wildman–Crippen LogP) is 1.87. The van der Waals surface area contributed by atoms with Gasteiger partial charge in [-0.2, -0.15) is 0 Å². The van der Waals surface area contributed by atoms with Crippen LogP contribution < -0.4 is 11.1 Å². The maximum absolute atomic E-state index is 12.3. The maximum Gasteiger partial charge on any atom is 0.270 e. The first-order valence-corrected chi connectivity index (χ1v) is 7.13. The van der Waals surface area contributed by atoms with Crippen LogP contribution in [-0.2, 0) is 0 Å². The highest BCUT2D eigenvalue weighted by Crippen LogP contribution is 2.22. The number of imidazole rings is 1. The first-order valence-electron chi connectivity index (χ1n) is 7.13. The molecule has 0 aliphatic carbocycles. The van der Waals surface area contributed by atoms with Crippen LogP contribution in [0, 0.1) is 12.8 Å². The third-order valence-corrected chi connectivity index (χ3v) is 3.16. The minimum Gasteiger partial charge on any atom is -0.366 e. The van der Waals surface area contributed by atoms with Gasteiger partial charge < -0.3 is 16.0 Å². The molecule has 1 aromatic heterocycles. The fourth-order valence-corrected chi connectivity index (χ4v) is 2.04. The maximum atomic E-state index is 12.3. The van der Waals surface area contributed by atoms with E-state index in [1.165, 1.54) is 0 Å². The predicted molar refractivity (Wildman–Crippen MR) is 84.4 cm³/mol. The Morgan fingerprint density at radius 3 is 2.45 bits per heavy atom. The number of nitrogens with zero attached hydrogens (tertiary/aromatic N) is 1. The lowest BCUT2D eigenvalue weighted by Crippen LogP contribution is -2.28. The molecule has 0 saturated heterocycles. The van der Waals surface area contributed by atoms with Crippen molar-refractivity contribution in [2.45, 2.75) is 20.8 Å². The van der Waals surface area contributed by atoms with Gasteiger partial charge in [0.15, 0.2) is 0 Å². The normalized spacial score (nSPS) is 10.7. The Labute approximate surface area is 129 Å². The molecular formula is C16H20N4O2. The van der Waals surface area contributed by atoms with Gasteiger partial charge in [-0.25, -0.2) is 4.98 Å². The van der Waals surface area contributed by atoms with Crippen LogP contribution in [0.25, 0.3) is 11.3 Å². The number of aryl methyl sites for hydroxylation is 1. The molecule has 0 bridgehead atoms. The summed E-state index contributed by atoms with van der Waals surface area (Å²) in [7, 11) is 0. The molecule has 0 spiro atoms. The average molecular weight is 300 g/mol. The van der Waals surface area contributed by atoms with Gasteiger partial charge in [-0.15, -0.1) is 0 Å². The van der Waals surface area contributed by atoms with Gasteiger partial charge in [0.25, 0.3) is 5.91 Å². The molecule has 0 aliphatic heterocycles. The molecule has 6 nitrogen and oxygen atoms in total. The second-order valence-electron chi connectivity index (χ2n) is 5.59. The van der Waals surface area contributed by atoms with Crippen molar-refractivity contribution in [2.75, 3.05) is 6.54 Å². The summed E-state index contributed by atoms with van der Waals surface area (Å²) >= 11 is 0. The molecule has 0 radical (unpaired) electrons. The SMILES string of the molecule is Cc1nc(-c2ccc(C(N)=O)cc2)c(C(=O)NCC(C)C)[nH]1. The van der Waals surface area contributed by atoms with E-state index in [9.17, 15) is 9.59 Å². The number of carbonyl (C=O) groups excluding carboxylic acids is 2. The Morgan fingerprint density at radius 2 is 1.91 bits per heavy atom. The van der Waals surface area contributed by atoms with Gasteiger partial charge in [0.1, 0.15) is 17.2 Å². The van der Waals surface area contributed by atoms with Crippen molar-refractivity contribution in [1.29, 1.82) is 0 Å². The summed E-state index contributed by atoms with van der Waals surface area (Å²) in [5.41, 5.74) is 7.39. The lowest BCUT2D eigenvalue weighted by atomic mass is 10.1. The summed E-state index contributed by atoms with van der Waals surface area (Å²) in [4.78, 5) is 30.7. The van der Waals surface area contributed by atoms with Crippen LogP contribution in [0.2, 0.25) is 0 Å². The summed E-state index contributed by atoms with van der Waals surface area (Å²) in [6, 6.07) is 6.71. The van der Waals surface area contributed by atoms with Crippen LogP contribution in [0.5, 0.6) is 0 Å². The van der Waals surface area contributed by atoms with Crippen LogP contribution in [0.1, 0.15) is 40.5 Å². The zero-order chi connectivity index (χ0) is 16.3. The Bertz CT molecular complexity index is 687. The summed E-state index contributed by atoms with van der Waals surface area (Å²) in [5.74, 6) is 0.345. The largest absolute Gasteiger partial charge is 0.366 e. The Balaban J connectivity index is 2.31. The number of carbonyl (C=O) groups is 2. The smallest absolute Gasteiger partial charge is 0.270 e. The van der Waals surface area contributed by atoms with Crippen molar-refractivity contribution in [2.24, 2.45) is 11.7 Å². The van der Waals surface area contributed by atoms with Gasteiger partial charge in [-0.05, 0) is 25.0 Å². The lowest BCUT2D eigenvalue weighted by molar-refractivity contribution is 0.0944. The van der Waals surface area contributed by atoms with Gasteiger partial charge in [0, 0.05) is 17.7 Å². The standard InChI is InChI=1S/C16H20N4O2/c1-9(2)8-18-16(22)14-13(19-10(3)20-14)11-4-6-12(7-5-11)15(17)21/h4-7,9H,8H2,1-3H3,(H2,17,21)(H,18,22)(H,19,20). The van der Waals surface area contributed by atoms with Gasteiger partial charge in [0.05, 0.1) is 0 Å². The molecule has 0 fully saturated rings. The number of nitrogens with one attached hydrogen (secondary N) is 2. The number of aromatic nitrogens is 2. The van der Waals surface area contributed by atoms with E-state index in [1.807, 2.05) is 13.8 Å². The molecule has 1 heterocycles. The van der Waals surface area contributed by atoms with E-state index in [2.05, 4.69) is 15.3 Å². The molecule has 0 saturated carbocycles. The third kappa shape index (κ3) is 3.52. The number of hydrogen-bond donors (Lipinski definition) is 3. The number of aromatic amines is 1. The fraction of sp³-hybridized carbons (Fsp3) is 0.312. The number of rotatable bonds is 5. The Morgan fingerprint density at radius 1 is 1.27 bits per heavy atom. The Hall–Kier alpha value is -2.63. The van der Waals surface area contributed by atoms with E-state index in [4.69, 9.17) is 5.73 Å². The molecule has 116 valence electrons. The molecule has 2 amide bonds. The number of H-pyrrole nitrogens is 1. The number of hydrogen-bond acceptors (Lipinski definition) is 3. The second-order valence-corrected chi connectivity index (χ2v) is 5.59. The lowest BCUT2D eigenvalue weighted by Gasteiger charge is -2.08. The topological polar surface area (TPSA) is 101 Å². The summed E-state index contributed by atoms with van der Waals surface area (Å²) in [6.45, 7) is 6.45. The zero-order valence-electron chi connectivity index (χ0n) is 12.9. The first kappa shape index (κ1) is 15.8. The molecule has 0 atom stereocenters. The zero-order valence-corrected chi connectivity index (χ0v) is 12.9. The van der Waals surface area contributed by atoms with Crippen LogP contribution in [0.4, 0.5) is 0 Å². The van der Waals surface area contributed by atoms with E-state index in [-0.39, 0.29) is 5.91 Å². The molecule has 2 rings (SSSR count). The highest BCUT2D eigenvalue weighted by atomic mass is 16.2. The Kier molecular flexibility index (Phi) is 4.60. The highest BCUT2D eigenvalue weighted by Gasteiger charge is 2.17. The molecule has 1 aromatic carbocycles. The molecule has 2 aromatic rings.